The molecule has 1 aromatic carbocycles. The Bertz CT molecular complexity index is 602. The zero-order valence-electron chi connectivity index (χ0n) is 11.5. The molecule has 114 valence electrons. The average molecular weight is 350 g/mol. The fourth-order valence-electron chi connectivity index (χ4n) is 1.66. The van der Waals surface area contributed by atoms with Gasteiger partial charge < -0.3 is 14.6 Å². The van der Waals surface area contributed by atoms with Crippen molar-refractivity contribution in [3.8, 4) is 5.75 Å². The van der Waals surface area contributed by atoms with E-state index in [4.69, 9.17) is 44.1 Å². The molecule has 0 saturated carbocycles. The number of hydrogen-bond acceptors (Lipinski definition) is 4. The third-order valence-electron chi connectivity index (χ3n) is 2.69. The number of rotatable bonds is 7. The monoisotopic (exact) mass is 348 g/mol. The Labute approximate surface area is 138 Å². The molecule has 0 aliphatic carbocycles. The van der Waals surface area contributed by atoms with Gasteiger partial charge in [0.2, 0.25) is 0 Å². The van der Waals surface area contributed by atoms with Crippen LogP contribution in [0, 0.1) is 0 Å². The first-order chi connectivity index (χ1) is 10.1. The van der Waals surface area contributed by atoms with E-state index in [2.05, 4.69) is 17.4 Å². The van der Waals surface area contributed by atoms with E-state index in [9.17, 15) is 0 Å². The summed E-state index contributed by atoms with van der Waals surface area (Å²) in [5.41, 5.74) is 0.835. The molecule has 0 unspecified atom stereocenters. The highest BCUT2D eigenvalue weighted by Gasteiger charge is 2.09. The van der Waals surface area contributed by atoms with E-state index < -0.39 is 0 Å². The molecule has 21 heavy (non-hydrogen) atoms. The van der Waals surface area contributed by atoms with Gasteiger partial charge in [0.05, 0.1) is 20.8 Å². The smallest absolute Gasteiger partial charge is 0.174 e. The van der Waals surface area contributed by atoms with Gasteiger partial charge in [-0.3, -0.25) is 0 Å². The van der Waals surface area contributed by atoms with Crippen molar-refractivity contribution in [3.63, 3.8) is 0 Å². The summed E-state index contributed by atoms with van der Waals surface area (Å²) in [6.07, 6.45) is 1.07. The zero-order chi connectivity index (χ0) is 15.2. The van der Waals surface area contributed by atoms with E-state index in [-0.39, 0.29) is 6.61 Å². The molecule has 0 spiro atoms. The van der Waals surface area contributed by atoms with Crippen molar-refractivity contribution in [2.75, 3.05) is 6.54 Å². The molecule has 0 saturated heterocycles. The van der Waals surface area contributed by atoms with Gasteiger partial charge in [0, 0.05) is 18.7 Å². The maximum atomic E-state index is 6.03. The molecule has 1 aromatic heterocycles. The summed E-state index contributed by atoms with van der Waals surface area (Å²) >= 11 is 17.8. The van der Waals surface area contributed by atoms with Crippen LogP contribution in [0.2, 0.25) is 15.1 Å². The molecule has 0 atom stereocenters. The summed E-state index contributed by atoms with van der Waals surface area (Å²) < 4.78 is 10.8. The predicted octanol–water partition coefficient (Wildman–Crippen LogP) is 4.71. The number of aromatic nitrogens is 1. The third-order valence-corrected chi connectivity index (χ3v) is 3.70. The topological polar surface area (TPSA) is 47.3 Å². The van der Waals surface area contributed by atoms with Gasteiger partial charge in [-0.2, -0.15) is 0 Å². The first kappa shape index (κ1) is 16.4. The molecule has 1 heterocycles. The second-order valence-electron chi connectivity index (χ2n) is 4.45. The van der Waals surface area contributed by atoms with Crippen LogP contribution >= 0.6 is 34.8 Å². The van der Waals surface area contributed by atoms with E-state index in [1.807, 2.05) is 6.07 Å². The maximum absolute atomic E-state index is 6.03. The summed E-state index contributed by atoms with van der Waals surface area (Å²) in [6.45, 7) is 3.94. The van der Waals surface area contributed by atoms with Gasteiger partial charge in [0.1, 0.15) is 12.4 Å². The minimum Gasteiger partial charge on any atom is -0.484 e. The molecule has 7 heteroatoms. The predicted molar refractivity (Wildman–Crippen MR) is 84.3 cm³/mol. The van der Waals surface area contributed by atoms with E-state index in [1.54, 1.807) is 12.1 Å². The van der Waals surface area contributed by atoms with E-state index in [0.29, 0.717) is 33.1 Å². The van der Waals surface area contributed by atoms with Crippen molar-refractivity contribution < 1.29 is 9.26 Å². The lowest BCUT2D eigenvalue weighted by atomic mass is 10.3. The highest BCUT2D eigenvalue weighted by Crippen LogP contribution is 2.34. The van der Waals surface area contributed by atoms with Crippen LogP contribution in [0.3, 0.4) is 0 Å². The number of nitrogens with zero attached hydrogens (tertiary/aromatic N) is 1. The minimum atomic E-state index is 0.221. The molecule has 0 bridgehead atoms. The van der Waals surface area contributed by atoms with Crippen LogP contribution in [-0.2, 0) is 13.2 Å². The second kappa shape index (κ2) is 7.90. The summed E-state index contributed by atoms with van der Waals surface area (Å²) in [7, 11) is 0. The fraction of sp³-hybridized carbons (Fsp3) is 0.357. The lowest BCUT2D eigenvalue weighted by Gasteiger charge is -2.07. The minimum absolute atomic E-state index is 0.221. The van der Waals surface area contributed by atoms with E-state index in [1.165, 1.54) is 0 Å². The standard InChI is InChI=1S/C14H15Cl3N2O2/c1-2-3-18-7-9-4-10(21-19-9)8-20-14-6-12(16)11(15)5-13(14)17/h4-6,18H,2-3,7-8H2,1H3. The maximum Gasteiger partial charge on any atom is 0.174 e. The van der Waals surface area contributed by atoms with Gasteiger partial charge >= 0.3 is 0 Å². The number of halogens is 3. The van der Waals surface area contributed by atoms with Crippen molar-refractivity contribution >= 4 is 34.8 Å². The Morgan fingerprint density at radius 2 is 1.90 bits per heavy atom. The first-order valence-electron chi connectivity index (χ1n) is 6.52. The molecule has 0 radical (unpaired) electrons. The molecular weight excluding hydrogens is 335 g/mol. The fourth-order valence-corrected chi connectivity index (χ4v) is 2.26. The number of benzene rings is 1. The van der Waals surface area contributed by atoms with Gasteiger partial charge in [-0.1, -0.05) is 46.9 Å². The van der Waals surface area contributed by atoms with Crippen LogP contribution in [-0.4, -0.2) is 11.7 Å². The van der Waals surface area contributed by atoms with Crippen molar-refractivity contribution in [2.45, 2.75) is 26.5 Å². The zero-order valence-corrected chi connectivity index (χ0v) is 13.7. The lowest BCUT2D eigenvalue weighted by Crippen LogP contribution is -2.13. The largest absolute Gasteiger partial charge is 0.484 e. The molecule has 0 aliphatic rings. The first-order valence-corrected chi connectivity index (χ1v) is 7.66. The SMILES string of the molecule is CCCNCc1cc(COc2cc(Cl)c(Cl)cc2Cl)on1. The number of ether oxygens (including phenoxy) is 1. The Balaban J connectivity index is 1.92. The van der Waals surface area contributed by atoms with Crippen molar-refractivity contribution in [1.82, 2.24) is 10.5 Å². The molecule has 1 N–H and O–H groups in total. The Morgan fingerprint density at radius 3 is 2.67 bits per heavy atom. The van der Waals surface area contributed by atoms with Gasteiger partial charge in [0.15, 0.2) is 5.76 Å². The van der Waals surface area contributed by atoms with Crippen LogP contribution in [0.1, 0.15) is 24.8 Å². The third kappa shape index (κ3) is 4.78. The van der Waals surface area contributed by atoms with Crippen LogP contribution in [0.15, 0.2) is 22.7 Å². The van der Waals surface area contributed by atoms with Gasteiger partial charge in [0.25, 0.3) is 0 Å². The van der Waals surface area contributed by atoms with Gasteiger partial charge in [-0.15, -0.1) is 0 Å². The van der Waals surface area contributed by atoms with Gasteiger partial charge in [-0.05, 0) is 19.0 Å². The molecule has 0 amide bonds. The quantitative estimate of drug-likeness (QED) is 0.580. The molecule has 2 aromatic rings. The van der Waals surface area contributed by atoms with E-state index in [0.717, 1.165) is 18.7 Å². The van der Waals surface area contributed by atoms with Crippen molar-refractivity contribution in [3.05, 3.63) is 44.7 Å². The molecular formula is C14H15Cl3N2O2. The summed E-state index contributed by atoms with van der Waals surface area (Å²) in [6, 6.07) is 4.96. The molecule has 2 rings (SSSR count). The molecule has 0 aliphatic heterocycles. The Morgan fingerprint density at radius 1 is 1.14 bits per heavy atom. The van der Waals surface area contributed by atoms with Crippen LogP contribution in [0.5, 0.6) is 5.75 Å². The second-order valence-corrected chi connectivity index (χ2v) is 5.67. The van der Waals surface area contributed by atoms with Crippen LogP contribution < -0.4 is 10.1 Å². The van der Waals surface area contributed by atoms with Crippen molar-refractivity contribution in [2.24, 2.45) is 0 Å². The summed E-state index contributed by atoms with van der Waals surface area (Å²) in [5, 5.41) is 8.37. The number of hydrogen-bond donors (Lipinski definition) is 1. The highest BCUT2D eigenvalue weighted by atomic mass is 35.5. The Hall–Kier alpha value is -0.940. The summed E-state index contributed by atoms with van der Waals surface area (Å²) in [4.78, 5) is 0. The van der Waals surface area contributed by atoms with Crippen LogP contribution in [0.25, 0.3) is 0 Å². The highest BCUT2D eigenvalue weighted by molar-refractivity contribution is 6.43. The molecule has 0 fully saturated rings. The lowest BCUT2D eigenvalue weighted by molar-refractivity contribution is 0.248. The molecule has 4 nitrogen and oxygen atoms in total. The summed E-state index contributed by atoms with van der Waals surface area (Å²) in [5.74, 6) is 1.07. The van der Waals surface area contributed by atoms with Crippen LogP contribution in [0.4, 0.5) is 0 Å². The van der Waals surface area contributed by atoms with Crippen molar-refractivity contribution in [1.29, 1.82) is 0 Å². The van der Waals surface area contributed by atoms with E-state index >= 15 is 0 Å². The van der Waals surface area contributed by atoms with Gasteiger partial charge in [-0.25, -0.2) is 0 Å². The Kier molecular flexibility index (Phi) is 6.18. The number of nitrogens with one attached hydrogen (secondary N) is 1. The normalized spacial score (nSPS) is 10.9. The average Bonchev–Trinajstić information content (AvgIpc) is 2.90.